The second-order valence-electron chi connectivity index (χ2n) is 4.83. The number of nitrogens with zero attached hydrogens (tertiary/aromatic N) is 1. The maximum atomic E-state index is 11.4. The van der Waals surface area contributed by atoms with Gasteiger partial charge in [-0.05, 0) is 19.4 Å². The van der Waals surface area contributed by atoms with Gasteiger partial charge >= 0.3 is 0 Å². The van der Waals surface area contributed by atoms with Gasteiger partial charge in [0.05, 0.1) is 10.7 Å². The molecule has 0 radical (unpaired) electrons. The first-order valence-electron chi connectivity index (χ1n) is 6.47. The molecule has 7 heteroatoms. The van der Waals surface area contributed by atoms with Crippen molar-refractivity contribution >= 4 is 15.5 Å². The van der Waals surface area contributed by atoms with E-state index in [1.807, 2.05) is 6.92 Å². The van der Waals surface area contributed by atoms with Crippen LogP contribution in [0.25, 0.3) is 0 Å². The van der Waals surface area contributed by atoms with E-state index in [-0.39, 0.29) is 17.5 Å². The van der Waals surface area contributed by atoms with Gasteiger partial charge in [-0.25, -0.2) is 8.42 Å². The minimum absolute atomic E-state index is 0.0287. The Morgan fingerprint density at radius 2 is 2.00 bits per heavy atom. The molecule has 112 valence electrons. The highest BCUT2D eigenvalue weighted by Gasteiger charge is 2.20. The summed E-state index contributed by atoms with van der Waals surface area (Å²) in [5, 5.41) is 14.1. The Morgan fingerprint density at radius 1 is 1.35 bits per heavy atom. The third-order valence-electron chi connectivity index (χ3n) is 2.84. The quantitative estimate of drug-likeness (QED) is 0.581. The lowest BCUT2D eigenvalue weighted by Crippen LogP contribution is -2.37. The SMILES string of the molecule is CCCNC(Cc1ccccc1[N+](=O)[O-])CS(C)(=O)=O. The van der Waals surface area contributed by atoms with Crippen molar-refractivity contribution in [3.8, 4) is 0 Å². The molecule has 0 spiro atoms. The first-order valence-corrected chi connectivity index (χ1v) is 8.53. The number of para-hydroxylation sites is 1. The van der Waals surface area contributed by atoms with E-state index in [9.17, 15) is 18.5 Å². The minimum atomic E-state index is -3.14. The van der Waals surface area contributed by atoms with Gasteiger partial charge in [-0.3, -0.25) is 10.1 Å². The lowest BCUT2D eigenvalue weighted by atomic mass is 10.1. The smallest absolute Gasteiger partial charge is 0.272 e. The van der Waals surface area contributed by atoms with E-state index < -0.39 is 14.8 Å². The fourth-order valence-electron chi connectivity index (χ4n) is 2.03. The molecule has 0 aliphatic rings. The molecule has 0 saturated carbocycles. The molecule has 1 rings (SSSR count). The largest absolute Gasteiger partial charge is 0.313 e. The van der Waals surface area contributed by atoms with E-state index in [1.54, 1.807) is 18.2 Å². The molecule has 0 aromatic heterocycles. The lowest BCUT2D eigenvalue weighted by Gasteiger charge is -2.17. The monoisotopic (exact) mass is 300 g/mol. The Bertz CT molecular complexity index is 557. The average Bonchev–Trinajstić information content (AvgIpc) is 2.34. The summed E-state index contributed by atoms with van der Waals surface area (Å²) in [5.41, 5.74) is 0.582. The topological polar surface area (TPSA) is 89.3 Å². The van der Waals surface area contributed by atoms with Gasteiger partial charge in [0.2, 0.25) is 0 Å². The van der Waals surface area contributed by atoms with Gasteiger partial charge in [-0.15, -0.1) is 0 Å². The fourth-order valence-corrected chi connectivity index (χ4v) is 3.00. The van der Waals surface area contributed by atoms with E-state index in [4.69, 9.17) is 0 Å². The van der Waals surface area contributed by atoms with Crippen LogP contribution in [0, 0.1) is 10.1 Å². The third kappa shape index (κ3) is 5.66. The zero-order chi connectivity index (χ0) is 15.2. The minimum Gasteiger partial charge on any atom is -0.313 e. The first kappa shape index (κ1) is 16.6. The van der Waals surface area contributed by atoms with Gasteiger partial charge in [0.1, 0.15) is 9.84 Å². The summed E-state index contributed by atoms with van der Waals surface area (Å²) in [4.78, 5) is 10.5. The Hall–Kier alpha value is -1.47. The molecule has 0 aliphatic heterocycles. The van der Waals surface area contributed by atoms with Crippen molar-refractivity contribution in [3.05, 3.63) is 39.9 Å². The highest BCUT2D eigenvalue weighted by atomic mass is 32.2. The summed E-state index contributed by atoms with van der Waals surface area (Å²) in [7, 11) is -3.14. The van der Waals surface area contributed by atoms with Crippen LogP contribution in [0.4, 0.5) is 5.69 Å². The van der Waals surface area contributed by atoms with E-state index >= 15 is 0 Å². The molecule has 0 aliphatic carbocycles. The summed E-state index contributed by atoms with van der Waals surface area (Å²) in [6.07, 6.45) is 2.37. The van der Waals surface area contributed by atoms with Gasteiger partial charge in [-0.2, -0.15) is 0 Å². The summed E-state index contributed by atoms with van der Waals surface area (Å²) < 4.78 is 22.9. The Labute approximate surface area is 119 Å². The van der Waals surface area contributed by atoms with Gasteiger partial charge in [0.15, 0.2) is 0 Å². The van der Waals surface area contributed by atoms with E-state index in [0.29, 0.717) is 18.5 Å². The predicted molar refractivity (Wildman–Crippen MR) is 78.6 cm³/mol. The van der Waals surface area contributed by atoms with Crippen molar-refractivity contribution < 1.29 is 13.3 Å². The van der Waals surface area contributed by atoms with Crippen LogP contribution in [0.1, 0.15) is 18.9 Å². The number of nitro benzene ring substituents is 1. The molecule has 0 fully saturated rings. The number of rotatable bonds is 8. The Morgan fingerprint density at radius 3 is 2.55 bits per heavy atom. The molecule has 6 nitrogen and oxygen atoms in total. The number of hydrogen-bond acceptors (Lipinski definition) is 5. The first-order chi connectivity index (χ1) is 9.33. The van der Waals surface area contributed by atoms with Gasteiger partial charge in [-0.1, -0.05) is 25.1 Å². The molecule has 1 aromatic carbocycles. The molecule has 0 heterocycles. The molecular formula is C13H20N2O4S. The van der Waals surface area contributed by atoms with Crippen LogP contribution in [0.5, 0.6) is 0 Å². The normalized spacial score (nSPS) is 13.1. The number of hydrogen-bond donors (Lipinski definition) is 1. The van der Waals surface area contributed by atoms with Crippen molar-refractivity contribution in [1.82, 2.24) is 5.32 Å². The van der Waals surface area contributed by atoms with Crippen LogP contribution >= 0.6 is 0 Å². The molecule has 0 bridgehead atoms. The second kappa shape index (κ2) is 7.35. The molecule has 1 aromatic rings. The summed E-state index contributed by atoms with van der Waals surface area (Å²) in [6, 6.07) is 6.12. The highest BCUT2D eigenvalue weighted by molar-refractivity contribution is 7.90. The standard InChI is InChI=1S/C13H20N2O4S/c1-3-8-14-12(10-20(2,18)19)9-11-6-4-5-7-13(11)15(16)17/h4-7,12,14H,3,8-10H2,1-2H3. The Kier molecular flexibility index (Phi) is 6.09. The van der Waals surface area contributed by atoms with Crippen LogP contribution in [0.3, 0.4) is 0 Å². The maximum Gasteiger partial charge on any atom is 0.272 e. The summed E-state index contributed by atoms with van der Waals surface area (Å²) in [6.45, 7) is 2.66. The number of nitro groups is 1. The van der Waals surface area contributed by atoms with Crippen LogP contribution < -0.4 is 5.32 Å². The predicted octanol–water partition coefficient (Wildman–Crippen LogP) is 1.55. The van der Waals surface area contributed by atoms with Crippen LogP contribution in [-0.2, 0) is 16.3 Å². The highest BCUT2D eigenvalue weighted by Crippen LogP contribution is 2.19. The molecule has 20 heavy (non-hydrogen) atoms. The second-order valence-corrected chi connectivity index (χ2v) is 7.02. The summed E-state index contributed by atoms with van der Waals surface area (Å²) in [5.74, 6) is -0.0287. The number of sulfone groups is 1. The number of benzene rings is 1. The van der Waals surface area contributed by atoms with Crippen molar-refractivity contribution in [3.63, 3.8) is 0 Å². The summed E-state index contributed by atoms with van der Waals surface area (Å²) >= 11 is 0. The average molecular weight is 300 g/mol. The molecule has 0 saturated heterocycles. The molecule has 1 unspecified atom stereocenters. The molecule has 1 N–H and O–H groups in total. The van der Waals surface area contributed by atoms with Gasteiger partial charge < -0.3 is 5.32 Å². The van der Waals surface area contributed by atoms with Crippen molar-refractivity contribution in [2.75, 3.05) is 18.6 Å². The van der Waals surface area contributed by atoms with E-state index in [2.05, 4.69) is 5.32 Å². The van der Waals surface area contributed by atoms with Crippen molar-refractivity contribution in [2.24, 2.45) is 0 Å². The zero-order valence-electron chi connectivity index (χ0n) is 11.7. The maximum absolute atomic E-state index is 11.4. The number of nitrogens with one attached hydrogen (secondary N) is 1. The van der Waals surface area contributed by atoms with Gasteiger partial charge in [0, 0.05) is 23.9 Å². The fraction of sp³-hybridized carbons (Fsp3) is 0.538. The molecular weight excluding hydrogens is 280 g/mol. The molecule has 1 atom stereocenters. The third-order valence-corrected chi connectivity index (χ3v) is 3.85. The zero-order valence-corrected chi connectivity index (χ0v) is 12.5. The van der Waals surface area contributed by atoms with Crippen molar-refractivity contribution in [1.29, 1.82) is 0 Å². The van der Waals surface area contributed by atoms with Crippen LogP contribution in [-0.4, -0.2) is 37.9 Å². The van der Waals surface area contributed by atoms with Crippen LogP contribution in [0.15, 0.2) is 24.3 Å². The molecule has 0 amide bonds. The van der Waals surface area contributed by atoms with Gasteiger partial charge in [0.25, 0.3) is 5.69 Å². The van der Waals surface area contributed by atoms with E-state index in [0.717, 1.165) is 6.42 Å². The van der Waals surface area contributed by atoms with Crippen LogP contribution in [0.2, 0.25) is 0 Å². The Balaban J connectivity index is 2.91. The lowest BCUT2D eigenvalue weighted by molar-refractivity contribution is -0.385. The van der Waals surface area contributed by atoms with E-state index in [1.165, 1.54) is 12.3 Å². The van der Waals surface area contributed by atoms with Crippen molar-refractivity contribution in [2.45, 2.75) is 25.8 Å².